The maximum atomic E-state index is 12.8. The second kappa shape index (κ2) is 7.23. The van der Waals surface area contributed by atoms with Crippen LogP contribution in [0, 0.1) is 13.8 Å². The first-order valence-electron chi connectivity index (χ1n) is 8.24. The SMILES string of the molecule is Cc1cc(C(=O)NC(C(N)=O)c2ccccc2)c(C)n1-c1ccccn1. The Morgan fingerprint density at radius 1 is 1.08 bits per heavy atom. The van der Waals surface area contributed by atoms with Gasteiger partial charge in [0.05, 0.1) is 5.56 Å². The minimum atomic E-state index is -0.887. The number of nitrogens with two attached hydrogens (primary N) is 1. The molecule has 0 aliphatic heterocycles. The summed E-state index contributed by atoms with van der Waals surface area (Å²) in [6.45, 7) is 3.75. The van der Waals surface area contributed by atoms with Crippen molar-refractivity contribution >= 4 is 11.8 Å². The molecule has 0 spiro atoms. The molecule has 3 N–H and O–H groups in total. The molecule has 3 rings (SSSR count). The van der Waals surface area contributed by atoms with Gasteiger partial charge in [0.25, 0.3) is 5.91 Å². The van der Waals surface area contributed by atoms with Crippen molar-refractivity contribution < 1.29 is 9.59 Å². The lowest BCUT2D eigenvalue weighted by Gasteiger charge is -2.16. The number of benzene rings is 1. The van der Waals surface area contributed by atoms with Crippen LogP contribution in [0.25, 0.3) is 5.82 Å². The zero-order chi connectivity index (χ0) is 18.7. The van der Waals surface area contributed by atoms with E-state index in [2.05, 4.69) is 10.3 Å². The molecule has 0 saturated heterocycles. The fourth-order valence-electron chi connectivity index (χ4n) is 3.00. The average Bonchev–Trinajstić information content (AvgIpc) is 2.95. The Balaban J connectivity index is 1.92. The molecule has 0 radical (unpaired) electrons. The van der Waals surface area contributed by atoms with Crippen LogP contribution in [0.2, 0.25) is 0 Å². The van der Waals surface area contributed by atoms with Crippen molar-refractivity contribution in [2.24, 2.45) is 5.73 Å². The monoisotopic (exact) mass is 348 g/mol. The van der Waals surface area contributed by atoms with Crippen molar-refractivity contribution in [2.45, 2.75) is 19.9 Å². The molecule has 132 valence electrons. The van der Waals surface area contributed by atoms with Gasteiger partial charge < -0.3 is 15.6 Å². The molecule has 0 aliphatic rings. The van der Waals surface area contributed by atoms with Crippen LogP contribution in [0.15, 0.2) is 60.8 Å². The number of amides is 2. The van der Waals surface area contributed by atoms with Gasteiger partial charge in [-0.3, -0.25) is 9.59 Å². The van der Waals surface area contributed by atoms with Gasteiger partial charge in [0, 0.05) is 17.6 Å². The predicted molar refractivity (Wildman–Crippen MR) is 98.9 cm³/mol. The summed E-state index contributed by atoms with van der Waals surface area (Å²) >= 11 is 0. The first-order chi connectivity index (χ1) is 12.5. The third-order valence-electron chi connectivity index (χ3n) is 4.25. The van der Waals surface area contributed by atoms with E-state index in [0.717, 1.165) is 17.2 Å². The van der Waals surface area contributed by atoms with E-state index < -0.39 is 11.9 Å². The number of nitrogens with one attached hydrogen (secondary N) is 1. The Kier molecular flexibility index (Phi) is 4.84. The van der Waals surface area contributed by atoms with Gasteiger partial charge in [0.2, 0.25) is 5.91 Å². The van der Waals surface area contributed by atoms with E-state index in [4.69, 9.17) is 5.73 Å². The summed E-state index contributed by atoms with van der Waals surface area (Å²) in [6, 6.07) is 15.4. The van der Waals surface area contributed by atoms with Crippen LogP contribution in [-0.4, -0.2) is 21.4 Å². The zero-order valence-electron chi connectivity index (χ0n) is 14.6. The third kappa shape index (κ3) is 3.35. The molecule has 3 aromatic rings. The topological polar surface area (TPSA) is 90.0 Å². The summed E-state index contributed by atoms with van der Waals surface area (Å²) < 4.78 is 1.90. The molecule has 2 heterocycles. The highest BCUT2D eigenvalue weighted by molar-refractivity contribution is 5.98. The fourth-order valence-corrected chi connectivity index (χ4v) is 3.00. The number of hydrogen-bond donors (Lipinski definition) is 2. The van der Waals surface area contributed by atoms with Crippen LogP contribution in [0.1, 0.15) is 33.4 Å². The molecule has 6 heteroatoms. The molecule has 0 aliphatic carbocycles. The summed E-state index contributed by atoms with van der Waals surface area (Å²) in [4.78, 5) is 29.0. The van der Waals surface area contributed by atoms with Crippen LogP contribution < -0.4 is 11.1 Å². The molecule has 2 amide bonds. The van der Waals surface area contributed by atoms with Crippen LogP contribution in [0.3, 0.4) is 0 Å². The third-order valence-corrected chi connectivity index (χ3v) is 4.25. The average molecular weight is 348 g/mol. The van der Waals surface area contributed by atoms with E-state index in [9.17, 15) is 9.59 Å². The maximum absolute atomic E-state index is 12.8. The smallest absolute Gasteiger partial charge is 0.254 e. The second-order valence-electron chi connectivity index (χ2n) is 6.03. The van der Waals surface area contributed by atoms with E-state index in [0.29, 0.717) is 11.1 Å². The largest absolute Gasteiger partial charge is 0.368 e. The van der Waals surface area contributed by atoms with Crippen molar-refractivity contribution in [1.29, 1.82) is 0 Å². The van der Waals surface area contributed by atoms with Crippen LogP contribution in [0.5, 0.6) is 0 Å². The maximum Gasteiger partial charge on any atom is 0.254 e. The molecular formula is C20H20N4O2. The number of rotatable bonds is 5. The molecule has 6 nitrogen and oxygen atoms in total. The molecule has 2 aromatic heterocycles. The minimum absolute atomic E-state index is 0.354. The normalized spacial score (nSPS) is 11.8. The molecule has 1 atom stereocenters. The molecule has 0 fully saturated rings. The molecule has 1 unspecified atom stereocenters. The number of aryl methyl sites for hydroxylation is 1. The summed E-state index contributed by atoms with van der Waals surface area (Å²) in [5, 5.41) is 2.73. The van der Waals surface area contributed by atoms with E-state index in [1.165, 1.54) is 0 Å². The van der Waals surface area contributed by atoms with Gasteiger partial charge in [-0.15, -0.1) is 0 Å². The van der Waals surface area contributed by atoms with Crippen LogP contribution in [-0.2, 0) is 4.79 Å². The number of pyridine rings is 1. The highest BCUT2D eigenvalue weighted by Gasteiger charge is 2.23. The first-order valence-corrected chi connectivity index (χ1v) is 8.24. The van der Waals surface area contributed by atoms with E-state index >= 15 is 0 Å². The number of primary amides is 1. The Morgan fingerprint density at radius 3 is 2.38 bits per heavy atom. The molecule has 1 aromatic carbocycles. The number of hydrogen-bond acceptors (Lipinski definition) is 3. The summed E-state index contributed by atoms with van der Waals surface area (Å²) in [5.74, 6) is -0.230. The lowest BCUT2D eigenvalue weighted by atomic mass is 10.1. The van der Waals surface area contributed by atoms with Gasteiger partial charge in [-0.05, 0) is 37.6 Å². The lowest BCUT2D eigenvalue weighted by molar-refractivity contribution is -0.120. The molecule has 0 saturated carbocycles. The van der Waals surface area contributed by atoms with Gasteiger partial charge in [0.1, 0.15) is 11.9 Å². The van der Waals surface area contributed by atoms with Gasteiger partial charge in [-0.1, -0.05) is 36.4 Å². The predicted octanol–water partition coefficient (Wildman–Crippen LogP) is 2.45. The fraction of sp³-hybridized carbons (Fsp3) is 0.150. The Labute approximate surface area is 151 Å². The van der Waals surface area contributed by atoms with Crippen LogP contribution in [0.4, 0.5) is 0 Å². The van der Waals surface area contributed by atoms with Crippen molar-refractivity contribution in [3.8, 4) is 5.82 Å². The number of nitrogens with zero attached hydrogens (tertiary/aromatic N) is 2. The molecule has 0 bridgehead atoms. The standard InChI is InChI=1S/C20H20N4O2/c1-13-12-16(14(2)24(13)17-10-6-7-11-22-17)20(26)23-18(19(21)25)15-8-4-3-5-9-15/h3-12,18H,1-2H3,(H2,21,25)(H,23,26). The second-order valence-corrected chi connectivity index (χ2v) is 6.03. The Hall–Kier alpha value is -3.41. The van der Waals surface area contributed by atoms with Crippen molar-refractivity contribution in [1.82, 2.24) is 14.9 Å². The highest BCUT2D eigenvalue weighted by Crippen LogP contribution is 2.21. The minimum Gasteiger partial charge on any atom is -0.368 e. The molecular weight excluding hydrogens is 328 g/mol. The number of aromatic nitrogens is 2. The van der Waals surface area contributed by atoms with Gasteiger partial charge in [0.15, 0.2) is 0 Å². The summed E-state index contributed by atoms with van der Waals surface area (Å²) in [6.07, 6.45) is 1.70. The Bertz CT molecular complexity index is 933. The van der Waals surface area contributed by atoms with E-state index in [1.807, 2.05) is 42.7 Å². The molecule has 26 heavy (non-hydrogen) atoms. The zero-order valence-corrected chi connectivity index (χ0v) is 14.6. The van der Waals surface area contributed by atoms with Crippen LogP contribution >= 0.6 is 0 Å². The van der Waals surface area contributed by atoms with Crippen molar-refractivity contribution in [3.05, 3.63) is 83.3 Å². The number of carbonyl (C=O) groups excluding carboxylic acids is 2. The lowest BCUT2D eigenvalue weighted by Crippen LogP contribution is -2.37. The quantitative estimate of drug-likeness (QED) is 0.742. The first kappa shape index (κ1) is 17.4. The van der Waals surface area contributed by atoms with E-state index in [-0.39, 0.29) is 5.91 Å². The van der Waals surface area contributed by atoms with Gasteiger partial charge >= 0.3 is 0 Å². The van der Waals surface area contributed by atoms with Gasteiger partial charge in [-0.25, -0.2) is 4.98 Å². The summed E-state index contributed by atoms with van der Waals surface area (Å²) in [5.41, 5.74) is 8.24. The van der Waals surface area contributed by atoms with Gasteiger partial charge in [-0.2, -0.15) is 0 Å². The van der Waals surface area contributed by atoms with E-state index in [1.54, 1.807) is 36.5 Å². The van der Waals surface area contributed by atoms with Crippen molar-refractivity contribution in [3.63, 3.8) is 0 Å². The summed E-state index contributed by atoms with van der Waals surface area (Å²) in [7, 11) is 0. The number of carbonyl (C=O) groups is 2. The highest BCUT2D eigenvalue weighted by atomic mass is 16.2. The Morgan fingerprint density at radius 2 is 1.77 bits per heavy atom. The van der Waals surface area contributed by atoms with Crippen molar-refractivity contribution in [2.75, 3.05) is 0 Å².